The van der Waals surface area contributed by atoms with Gasteiger partial charge in [-0.3, -0.25) is 4.90 Å². The quantitative estimate of drug-likeness (QED) is 0.876. The molecule has 0 aromatic heterocycles. The van der Waals surface area contributed by atoms with Crippen molar-refractivity contribution >= 4 is 17.7 Å². The zero-order valence-electron chi connectivity index (χ0n) is 12.0. The molecule has 0 aliphatic carbocycles. The average Bonchev–Trinajstić information content (AvgIpc) is 2.71. The van der Waals surface area contributed by atoms with Gasteiger partial charge in [-0.05, 0) is 25.0 Å². The summed E-state index contributed by atoms with van der Waals surface area (Å²) in [5.74, 6) is -0.896. The Bertz CT molecular complexity index is 532. The molecule has 1 aromatic carbocycles. The Hall–Kier alpha value is -2.24. The number of anilines is 1. The molecule has 21 heavy (non-hydrogen) atoms. The fourth-order valence-electron chi connectivity index (χ4n) is 2.60. The molecule has 0 radical (unpaired) electrons. The van der Waals surface area contributed by atoms with E-state index in [0.717, 1.165) is 19.3 Å². The second-order valence-electron chi connectivity index (χ2n) is 5.26. The Morgan fingerprint density at radius 2 is 2.05 bits per heavy atom. The highest BCUT2D eigenvalue weighted by molar-refractivity contribution is 5.94. The Kier molecular flexibility index (Phi) is 4.67. The zero-order chi connectivity index (χ0) is 15.4. The highest BCUT2D eigenvalue weighted by Crippen LogP contribution is 2.23. The summed E-state index contributed by atoms with van der Waals surface area (Å²) in [5.41, 5.74) is 0.536. The van der Waals surface area contributed by atoms with Crippen molar-refractivity contribution in [2.24, 2.45) is 0 Å². The maximum atomic E-state index is 12.6. The third-order valence-electron chi connectivity index (χ3n) is 3.79. The number of aromatic hydroxyl groups is 1. The molecule has 1 aliphatic heterocycles. The molecule has 6 nitrogen and oxygen atoms in total. The summed E-state index contributed by atoms with van der Waals surface area (Å²) in [5, 5.41) is 18.8. The predicted octanol–water partition coefficient (Wildman–Crippen LogP) is 2.28. The van der Waals surface area contributed by atoms with Gasteiger partial charge in [0, 0.05) is 25.3 Å². The second-order valence-corrected chi connectivity index (χ2v) is 5.26. The van der Waals surface area contributed by atoms with E-state index in [2.05, 4.69) is 0 Å². The number of likely N-dealkylation sites (tertiary alicyclic amines) is 1. The van der Waals surface area contributed by atoms with Crippen LogP contribution in [-0.2, 0) is 4.79 Å². The number of carbonyl (C=O) groups excluding carboxylic acids is 1. The molecule has 2 rings (SSSR count). The van der Waals surface area contributed by atoms with E-state index in [4.69, 9.17) is 0 Å². The molecular weight excluding hydrogens is 272 g/mol. The first-order chi connectivity index (χ1) is 10.0. The summed E-state index contributed by atoms with van der Waals surface area (Å²) in [6.07, 6.45) is 3.04. The summed E-state index contributed by atoms with van der Waals surface area (Å²) < 4.78 is 0. The van der Waals surface area contributed by atoms with Gasteiger partial charge in [0.1, 0.15) is 11.8 Å². The number of carbonyl (C=O) groups is 2. The Morgan fingerprint density at radius 1 is 1.29 bits per heavy atom. The van der Waals surface area contributed by atoms with E-state index in [0.29, 0.717) is 18.7 Å². The molecule has 2 N–H and O–H groups in total. The Labute approximate surface area is 123 Å². The van der Waals surface area contributed by atoms with E-state index in [1.165, 1.54) is 21.9 Å². The number of carboxylic acids is 1. The first kappa shape index (κ1) is 15.2. The van der Waals surface area contributed by atoms with Crippen LogP contribution in [0.2, 0.25) is 0 Å². The lowest BCUT2D eigenvalue weighted by atomic mass is 10.1. The lowest BCUT2D eigenvalue weighted by Gasteiger charge is -2.31. The van der Waals surface area contributed by atoms with Crippen LogP contribution in [0.5, 0.6) is 5.75 Å². The van der Waals surface area contributed by atoms with Crippen LogP contribution in [0.25, 0.3) is 0 Å². The maximum absolute atomic E-state index is 12.6. The number of phenols is 1. The summed E-state index contributed by atoms with van der Waals surface area (Å²) in [4.78, 5) is 26.8. The molecule has 1 aliphatic rings. The first-order valence-electron chi connectivity index (χ1n) is 7.07. The molecule has 1 heterocycles. The van der Waals surface area contributed by atoms with Crippen molar-refractivity contribution in [3.8, 4) is 5.75 Å². The van der Waals surface area contributed by atoms with Crippen molar-refractivity contribution in [2.45, 2.75) is 31.7 Å². The smallest absolute Gasteiger partial charge is 0.326 e. The molecule has 0 spiro atoms. The SMILES string of the molecule is CN(C(=O)N1CCCCCC1C(=O)O)c1cccc(O)c1. The van der Waals surface area contributed by atoms with Crippen LogP contribution in [-0.4, -0.2) is 46.7 Å². The fraction of sp³-hybridized carbons (Fsp3) is 0.467. The zero-order valence-corrected chi connectivity index (χ0v) is 12.0. The van der Waals surface area contributed by atoms with E-state index < -0.39 is 12.0 Å². The number of aliphatic carboxylic acids is 1. The van der Waals surface area contributed by atoms with E-state index >= 15 is 0 Å². The number of benzene rings is 1. The van der Waals surface area contributed by atoms with Gasteiger partial charge in [0.15, 0.2) is 0 Å². The van der Waals surface area contributed by atoms with Crippen LogP contribution < -0.4 is 4.90 Å². The number of hydrogen-bond acceptors (Lipinski definition) is 3. The van der Waals surface area contributed by atoms with Crippen molar-refractivity contribution < 1.29 is 19.8 Å². The molecule has 1 atom stereocenters. The molecule has 1 fully saturated rings. The first-order valence-corrected chi connectivity index (χ1v) is 7.07. The van der Waals surface area contributed by atoms with Gasteiger partial charge in [-0.2, -0.15) is 0 Å². The normalized spacial score (nSPS) is 18.9. The maximum Gasteiger partial charge on any atom is 0.326 e. The van der Waals surface area contributed by atoms with Crippen LogP contribution in [0.3, 0.4) is 0 Å². The molecule has 1 unspecified atom stereocenters. The predicted molar refractivity (Wildman–Crippen MR) is 78.5 cm³/mol. The monoisotopic (exact) mass is 292 g/mol. The van der Waals surface area contributed by atoms with Crippen LogP contribution in [0.1, 0.15) is 25.7 Å². The van der Waals surface area contributed by atoms with E-state index in [9.17, 15) is 19.8 Å². The summed E-state index contributed by atoms with van der Waals surface area (Å²) >= 11 is 0. The number of urea groups is 1. The van der Waals surface area contributed by atoms with E-state index in [1.54, 1.807) is 19.2 Å². The van der Waals surface area contributed by atoms with Crippen molar-refractivity contribution in [1.82, 2.24) is 4.90 Å². The van der Waals surface area contributed by atoms with Crippen LogP contribution >= 0.6 is 0 Å². The van der Waals surface area contributed by atoms with Gasteiger partial charge >= 0.3 is 12.0 Å². The summed E-state index contributed by atoms with van der Waals surface area (Å²) in [7, 11) is 1.58. The van der Waals surface area contributed by atoms with Crippen LogP contribution in [0.4, 0.5) is 10.5 Å². The van der Waals surface area contributed by atoms with E-state index in [-0.39, 0.29) is 11.8 Å². The Balaban J connectivity index is 2.21. The minimum atomic E-state index is -0.963. The van der Waals surface area contributed by atoms with Crippen LogP contribution in [0, 0.1) is 0 Å². The fourth-order valence-corrected chi connectivity index (χ4v) is 2.60. The van der Waals surface area contributed by atoms with Crippen molar-refractivity contribution in [2.75, 3.05) is 18.5 Å². The van der Waals surface area contributed by atoms with Crippen molar-refractivity contribution in [3.63, 3.8) is 0 Å². The molecule has 6 heteroatoms. The topological polar surface area (TPSA) is 81.1 Å². The minimum Gasteiger partial charge on any atom is -0.508 e. The molecule has 2 amide bonds. The standard InChI is InChI=1S/C15H20N2O4/c1-16(11-6-5-7-12(18)10-11)15(21)17-9-4-2-3-8-13(17)14(19)20/h5-7,10,13,18H,2-4,8-9H2,1H3,(H,19,20). The number of hydrogen-bond donors (Lipinski definition) is 2. The minimum absolute atomic E-state index is 0.0674. The lowest BCUT2D eigenvalue weighted by molar-refractivity contribution is -0.142. The van der Waals surface area contributed by atoms with Gasteiger partial charge in [0.25, 0.3) is 0 Å². The molecule has 0 saturated carbocycles. The highest BCUT2D eigenvalue weighted by atomic mass is 16.4. The molecule has 0 bridgehead atoms. The van der Waals surface area contributed by atoms with Gasteiger partial charge in [0.2, 0.25) is 0 Å². The van der Waals surface area contributed by atoms with Crippen molar-refractivity contribution in [1.29, 1.82) is 0 Å². The molecular formula is C15H20N2O4. The molecule has 1 saturated heterocycles. The van der Waals surface area contributed by atoms with Crippen LogP contribution in [0.15, 0.2) is 24.3 Å². The summed E-state index contributed by atoms with van der Waals surface area (Å²) in [6, 6.07) is 5.21. The van der Waals surface area contributed by atoms with Gasteiger partial charge in [-0.1, -0.05) is 18.9 Å². The van der Waals surface area contributed by atoms with Gasteiger partial charge in [-0.25, -0.2) is 9.59 Å². The second kappa shape index (κ2) is 6.47. The number of rotatable bonds is 2. The number of amides is 2. The summed E-state index contributed by atoms with van der Waals surface area (Å²) in [6.45, 7) is 0.443. The number of phenolic OH excluding ortho intramolecular Hbond substituents is 1. The average molecular weight is 292 g/mol. The van der Waals surface area contributed by atoms with E-state index in [1.807, 2.05) is 0 Å². The van der Waals surface area contributed by atoms with Gasteiger partial charge in [-0.15, -0.1) is 0 Å². The lowest BCUT2D eigenvalue weighted by Crippen LogP contribution is -2.50. The largest absolute Gasteiger partial charge is 0.508 e. The number of carboxylic acid groups (broad SMARTS) is 1. The highest BCUT2D eigenvalue weighted by Gasteiger charge is 2.32. The Morgan fingerprint density at radius 3 is 2.71 bits per heavy atom. The van der Waals surface area contributed by atoms with Gasteiger partial charge in [0.05, 0.1) is 0 Å². The number of nitrogens with zero attached hydrogens (tertiary/aromatic N) is 2. The molecule has 1 aromatic rings. The third-order valence-corrected chi connectivity index (χ3v) is 3.79. The molecule has 114 valence electrons. The van der Waals surface area contributed by atoms with Crippen molar-refractivity contribution in [3.05, 3.63) is 24.3 Å². The third kappa shape index (κ3) is 3.45. The van der Waals surface area contributed by atoms with Gasteiger partial charge < -0.3 is 15.1 Å².